The van der Waals surface area contributed by atoms with Gasteiger partial charge in [-0.1, -0.05) is 0 Å². The molecule has 1 amide bonds. The number of halogens is 1. The van der Waals surface area contributed by atoms with Crippen LogP contribution < -0.4 is 10.2 Å². The van der Waals surface area contributed by atoms with E-state index < -0.39 is 17.5 Å². The molecule has 24 heavy (non-hydrogen) atoms. The van der Waals surface area contributed by atoms with E-state index in [4.69, 9.17) is 4.74 Å². The Morgan fingerprint density at radius 1 is 1.38 bits per heavy atom. The highest BCUT2D eigenvalue weighted by atomic mass is 19.1. The molecule has 0 saturated heterocycles. The predicted octanol–water partition coefficient (Wildman–Crippen LogP) is 3.01. The molecule has 0 saturated carbocycles. The van der Waals surface area contributed by atoms with Crippen LogP contribution in [0.2, 0.25) is 0 Å². The molecule has 0 radical (unpaired) electrons. The number of rotatable bonds is 1. The van der Waals surface area contributed by atoms with Gasteiger partial charge in [0.25, 0.3) is 0 Å². The van der Waals surface area contributed by atoms with E-state index in [-0.39, 0.29) is 0 Å². The SMILES string of the molecule is Cc1nc2n(n1)-c1cc(F)cc(NC(=O)OC(C)(C)C)c1N(C)C2. The number of carbonyl (C=O) groups excluding carboxylic acids is 1. The number of hydrogen-bond donors (Lipinski definition) is 1. The van der Waals surface area contributed by atoms with Crippen LogP contribution in [0.25, 0.3) is 5.69 Å². The van der Waals surface area contributed by atoms with Crippen molar-refractivity contribution in [3.63, 3.8) is 0 Å². The molecule has 1 aliphatic rings. The molecule has 2 heterocycles. The number of carbonyl (C=O) groups is 1. The zero-order valence-electron chi connectivity index (χ0n) is 14.3. The Kier molecular flexibility index (Phi) is 3.70. The molecule has 7 nitrogen and oxygen atoms in total. The van der Waals surface area contributed by atoms with Crippen molar-refractivity contribution in [2.45, 2.75) is 39.8 Å². The Bertz CT molecular complexity index is 810. The largest absolute Gasteiger partial charge is 0.444 e. The second kappa shape index (κ2) is 5.47. The predicted molar refractivity (Wildman–Crippen MR) is 88.0 cm³/mol. The zero-order chi connectivity index (χ0) is 17.6. The third-order valence-corrected chi connectivity index (χ3v) is 3.46. The van der Waals surface area contributed by atoms with E-state index in [1.165, 1.54) is 12.1 Å². The highest BCUT2D eigenvalue weighted by Crippen LogP contribution is 2.37. The molecule has 0 unspecified atom stereocenters. The van der Waals surface area contributed by atoms with E-state index in [2.05, 4.69) is 15.4 Å². The Hall–Kier alpha value is -2.64. The number of hydrogen-bond acceptors (Lipinski definition) is 5. The molecule has 2 aromatic rings. The fourth-order valence-electron chi connectivity index (χ4n) is 2.70. The molecule has 1 aliphatic heterocycles. The summed E-state index contributed by atoms with van der Waals surface area (Å²) in [5.74, 6) is 0.850. The Morgan fingerprint density at radius 2 is 2.08 bits per heavy atom. The monoisotopic (exact) mass is 333 g/mol. The molecule has 1 aromatic heterocycles. The van der Waals surface area contributed by atoms with E-state index in [1.807, 2.05) is 11.9 Å². The van der Waals surface area contributed by atoms with Gasteiger partial charge in [0.1, 0.15) is 17.2 Å². The molecule has 0 fully saturated rings. The Morgan fingerprint density at radius 3 is 2.75 bits per heavy atom. The van der Waals surface area contributed by atoms with Gasteiger partial charge in [0.05, 0.1) is 23.6 Å². The van der Waals surface area contributed by atoms with Crippen molar-refractivity contribution >= 4 is 17.5 Å². The summed E-state index contributed by atoms with van der Waals surface area (Å²) < 4.78 is 21.0. The number of aryl methyl sites for hydroxylation is 1. The Labute approximate surface area is 139 Å². The van der Waals surface area contributed by atoms with Crippen LogP contribution in [0.3, 0.4) is 0 Å². The number of nitrogens with one attached hydrogen (secondary N) is 1. The smallest absolute Gasteiger partial charge is 0.412 e. The van der Waals surface area contributed by atoms with Gasteiger partial charge in [-0.15, -0.1) is 0 Å². The van der Waals surface area contributed by atoms with Gasteiger partial charge in [-0.05, 0) is 33.8 Å². The standard InChI is InChI=1S/C16H20FN5O2/c1-9-18-13-8-21(5)14-11(19-15(23)24-16(2,3)4)6-10(17)7-12(14)22(13)20-9/h6-7H,8H2,1-5H3,(H,19,23). The molecular formula is C16H20FN5O2. The van der Waals surface area contributed by atoms with Crippen LogP contribution in [0.15, 0.2) is 12.1 Å². The summed E-state index contributed by atoms with van der Waals surface area (Å²) >= 11 is 0. The lowest BCUT2D eigenvalue weighted by Gasteiger charge is -2.30. The molecule has 1 N–H and O–H groups in total. The first-order chi connectivity index (χ1) is 11.1. The van der Waals surface area contributed by atoms with Crippen LogP contribution in [0.1, 0.15) is 32.4 Å². The number of amides is 1. The minimum atomic E-state index is -0.639. The summed E-state index contributed by atoms with van der Waals surface area (Å²) in [6.07, 6.45) is -0.635. The summed E-state index contributed by atoms with van der Waals surface area (Å²) in [5, 5.41) is 6.95. The second-order valence-corrected chi connectivity index (χ2v) is 6.79. The highest BCUT2D eigenvalue weighted by molar-refractivity contribution is 5.92. The van der Waals surface area contributed by atoms with Crippen LogP contribution in [0, 0.1) is 12.7 Å². The summed E-state index contributed by atoms with van der Waals surface area (Å²) in [6, 6.07) is 2.65. The van der Waals surface area contributed by atoms with Gasteiger partial charge in [0.2, 0.25) is 0 Å². The lowest BCUT2D eigenvalue weighted by atomic mass is 10.1. The number of aromatic nitrogens is 3. The van der Waals surface area contributed by atoms with Crippen molar-refractivity contribution in [1.82, 2.24) is 14.8 Å². The molecular weight excluding hydrogens is 313 g/mol. The van der Waals surface area contributed by atoms with Crippen LogP contribution in [0.5, 0.6) is 0 Å². The number of fused-ring (bicyclic) bond motifs is 3. The number of ether oxygens (including phenoxy) is 1. The fourth-order valence-corrected chi connectivity index (χ4v) is 2.70. The second-order valence-electron chi connectivity index (χ2n) is 6.79. The summed E-state index contributed by atoms with van der Waals surface area (Å²) in [5.41, 5.74) is 0.894. The normalized spacial score (nSPS) is 13.3. The lowest BCUT2D eigenvalue weighted by Crippen LogP contribution is -2.30. The molecule has 0 aliphatic carbocycles. The van der Waals surface area contributed by atoms with Gasteiger partial charge in [-0.3, -0.25) is 5.32 Å². The van der Waals surface area contributed by atoms with E-state index in [1.54, 1.807) is 32.4 Å². The maximum absolute atomic E-state index is 14.1. The highest BCUT2D eigenvalue weighted by Gasteiger charge is 2.27. The van der Waals surface area contributed by atoms with Gasteiger partial charge in [0, 0.05) is 13.1 Å². The molecule has 0 spiro atoms. The van der Waals surface area contributed by atoms with Gasteiger partial charge >= 0.3 is 6.09 Å². The topological polar surface area (TPSA) is 72.3 Å². The fraction of sp³-hybridized carbons (Fsp3) is 0.438. The van der Waals surface area contributed by atoms with Crippen molar-refractivity contribution in [2.75, 3.05) is 17.3 Å². The Balaban J connectivity index is 2.04. The zero-order valence-corrected chi connectivity index (χ0v) is 14.3. The van der Waals surface area contributed by atoms with Crippen LogP contribution >= 0.6 is 0 Å². The van der Waals surface area contributed by atoms with Crippen LogP contribution in [-0.4, -0.2) is 33.5 Å². The van der Waals surface area contributed by atoms with Crippen molar-refractivity contribution in [1.29, 1.82) is 0 Å². The first-order valence-corrected chi connectivity index (χ1v) is 7.61. The van der Waals surface area contributed by atoms with Gasteiger partial charge < -0.3 is 9.64 Å². The van der Waals surface area contributed by atoms with E-state index in [9.17, 15) is 9.18 Å². The first kappa shape index (κ1) is 16.2. The third-order valence-electron chi connectivity index (χ3n) is 3.46. The average molecular weight is 333 g/mol. The van der Waals surface area contributed by atoms with Crippen LogP contribution in [-0.2, 0) is 11.3 Å². The molecule has 8 heteroatoms. The van der Waals surface area contributed by atoms with Crippen molar-refractivity contribution < 1.29 is 13.9 Å². The van der Waals surface area contributed by atoms with Crippen LogP contribution in [0.4, 0.5) is 20.6 Å². The number of nitrogens with zero attached hydrogens (tertiary/aromatic N) is 4. The third kappa shape index (κ3) is 3.04. The van der Waals surface area contributed by atoms with E-state index in [0.717, 1.165) is 5.82 Å². The summed E-state index contributed by atoms with van der Waals surface area (Å²) in [7, 11) is 1.85. The maximum atomic E-state index is 14.1. The number of benzene rings is 1. The molecule has 1 aromatic carbocycles. The van der Waals surface area contributed by atoms with Crippen molar-refractivity contribution in [2.24, 2.45) is 0 Å². The molecule has 128 valence electrons. The summed E-state index contributed by atoms with van der Waals surface area (Å²) in [4.78, 5) is 18.3. The van der Waals surface area contributed by atoms with Crippen molar-refractivity contribution in [3.05, 3.63) is 29.6 Å². The van der Waals surface area contributed by atoms with Crippen molar-refractivity contribution in [3.8, 4) is 5.69 Å². The summed E-state index contributed by atoms with van der Waals surface area (Å²) in [6.45, 7) is 7.59. The van der Waals surface area contributed by atoms with E-state index >= 15 is 0 Å². The minimum absolute atomic E-state index is 0.334. The molecule has 3 rings (SSSR count). The first-order valence-electron chi connectivity index (χ1n) is 7.61. The molecule has 0 bridgehead atoms. The van der Waals surface area contributed by atoms with Gasteiger partial charge in [-0.2, -0.15) is 5.10 Å². The molecule has 0 atom stereocenters. The lowest BCUT2D eigenvalue weighted by molar-refractivity contribution is 0.0636. The average Bonchev–Trinajstić information content (AvgIpc) is 2.76. The number of anilines is 2. The van der Waals surface area contributed by atoms with E-state index in [0.29, 0.717) is 29.4 Å². The van der Waals surface area contributed by atoms with Gasteiger partial charge in [0.15, 0.2) is 5.82 Å². The minimum Gasteiger partial charge on any atom is -0.444 e. The quantitative estimate of drug-likeness (QED) is 0.868. The van der Waals surface area contributed by atoms with Gasteiger partial charge in [-0.25, -0.2) is 18.9 Å². The maximum Gasteiger partial charge on any atom is 0.412 e.